The predicted molar refractivity (Wildman–Crippen MR) is 80.8 cm³/mol. The highest BCUT2D eigenvalue weighted by molar-refractivity contribution is 5.77. The molecule has 20 heavy (non-hydrogen) atoms. The van der Waals surface area contributed by atoms with E-state index < -0.39 is 0 Å². The molecular formula is C16H23N3O. The van der Waals surface area contributed by atoms with Gasteiger partial charge in [-0.1, -0.05) is 19.3 Å². The van der Waals surface area contributed by atoms with E-state index in [-0.39, 0.29) is 6.04 Å². The summed E-state index contributed by atoms with van der Waals surface area (Å²) in [5, 5.41) is 0. The Hall–Kier alpha value is -1.55. The summed E-state index contributed by atoms with van der Waals surface area (Å²) in [5.41, 5.74) is 8.57. The van der Waals surface area contributed by atoms with Crippen LogP contribution in [0.2, 0.25) is 0 Å². The van der Waals surface area contributed by atoms with Crippen LogP contribution in [0, 0.1) is 5.92 Å². The fraction of sp³-hybridized carbons (Fsp3) is 0.562. The number of hydrogen-bond donors (Lipinski definition) is 1. The molecule has 0 saturated heterocycles. The Kier molecular flexibility index (Phi) is 3.66. The van der Waals surface area contributed by atoms with Crippen LogP contribution < -0.4 is 10.5 Å². The van der Waals surface area contributed by atoms with Crippen molar-refractivity contribution in [1.82, 2.24) is 9.55 Å². The minimum atomic E-state index is 0.0405. The maximum absolute atomic E-state index is 6.49. The molecule has 1 fully saturated rings. The van der Waals surface area contributed by atoms with E-state index in [0.717, 1.165) is 22.6 Å². The second-order valence-electron chi connectivity index (χ2n) is 5.81. The van der Waals surface area contributed by atoms with Crippen molar-refractivity contribution in [2.24, 2.45) is 18.7 Å². The molecule has 1 aliphatic rings. The Labute approximate surface area is 119 Å². The van der Waals surface area contributed by atoms with Gasteiger partial charge in [-0.2, -0.15) is 0 Å². The first-order valence-electron chi connectivity index (χ1n) is 7.46. The summed E-state index contributed by atoms with van der Waals surface area (Å²) in [7, 11) is 3.73. The standard InChI is InChI=1S/C16H23N3O/c1-19-14-9-8-12(20-2)10-13(14)18-16(19)15(17)11-6-4-3-5-7-11/h8-11,15H,3-7,17H2,1-2H3. The number of fused-ring (bicyclic) bond motifs is 1. The largest absolute Gasteiger partial charge is 0.497 e. The third-order valence-corrected chi connectivity index (χ3v) is 4.58. The van der Waals surface area contributed by atoms with Gasteiger partial charge in [-0.25, -0.2) is 4.98 Å². The number of hydrogen-bond acceptors (Lipinski definition) is 3. The summed E-state index contributed by atoms with van der Waals surface area (Å²) in [6, 6.07) is 6.05. The van der Waals surface area contributed by atoms with Gasteiger partial charge < -0.3 is 15.0 Å². The molecule has 3 rings (SSSR count). The summed E-state index contributed by atoms with van der Waals surface area (Å²) >= 11 is 0. The Balaban J connectivity index is 1.96. The lowest BCUT2D eigenvalue weighted by Gasteiger charge is -2.27. The molecule has 0 amide bonds. The minimum absolute atomic E-state index is 0.0405. The summed E-state index contributed by atoms with van der Waals surface area (Å²) in [6.07, 6.45) is 6.41. The average molecular weight is 273 g/mol. The third-order valence-electron chi connectivity index (χ3n) is 4.58. The van der Waals surface area contributed by atoms with E-state index in [2.05, 4.69) is 17.7 Å². The minimum Gasteiger partial charge on any atom is -0.497 e. The van der Waals surface area contributed by atoms with Gasteiger partial charge in [0, 0.05) is 13.1 Å². The number of rotatable bonds is 3. The van der Waals surface area contributed by atoms with E-state index in [1.807, 2.05) is 12.1 Å². The number of aromatic nitrogens is 2. The molecule has 0 spiro atoms. The Morgan fingerprint density at radius 2 is 2.05 bits per heavy atom. The van der Waals surface area contributed by atoms with Crippen LogP contribution in [0.15, 0.2) is 18.2 Å². The molecule has 1 aliphatic carbocycles. The summed E-state index contributed by atoms with van der Waals surface area (Å²) in [4.78, 5) is 4.75. The van der Waals surface area contributed by atoms with Crippen LogP contribution in [0.3, 0.4) is 0 Å². The van der Waals surface area contributed by atoms with Crippen LogP contribution in [0.4, 0.5) is 0 Å². The zero-order chi connectivity index (χ0) is 14.1. The van der Waals surface area contributed by atoms with Crippen LogP contribution in [0.5, 0.6) is 5.75 Å². The molecular weight excluding hydrogens is 250 g/mol. The topological polar surface area (TPSA) is 53.1 Å². The smallest absolute Gasteiger partial charge is 0.126 e. The number of nitrogens with zero attached hydrogens (tertiary/aromatic N) is 2. The first-order chi connectivity index (χ1) is 9.70. The van der Waals surface area contributed by atoms with Gasteiger partial charge >= 0.3 is 0 Å². The molecule has 2 N–H and O–H groups in total. The second kappa shape index (κ2) is 5.44. The van der Waals surface area contributed by atoms with E-state index >= 15 is 0 Å². The van der Waals surface area contributed by atoms with Crippen molar-refractivity contribution in [3.8, 4) is 5.75 Å². The van der Waals surface area contributed by atoms with Gasteiger partial charge in [0.25, 0.3) is 0 Å². The number of benzene rings is 1. The van der Waals surface area contributed by atoms with E-state index in [1.165, 1.54) is 32.1 Å². The lowest BCUT2D eigenvalue weighted by Crippen LogP contribution is -2.26. The maximum Gasteiger partial charge on any atom is 0.126 e. The predicted octanol–water partition coefficient (Wildman–Crippen LogP) is 3.16. The number of ether oxygens (including phenoxy) is 1. The van der Waals surface area contributed by atoms with Gasteiger partial charge in [0.2, 0.25) is 0 Å². The third kappa shape index (κ3) is 2.29. The zero-order valence-corrected chi connectivity index (χ0v) is 12.3. The molecule has 0 aliphatic heterocycles. The second-order valence-corrected chi connectivity index (χ2v) is 5.81. The summed E-state index contributed by atoms with van der Waals surface area (Å²) in [6.45, 7) is 0. The molecule has 4 nitrogen and oxygen atoms in total. The summed E-state index contributed by atoms with van der Waals surface area (Å²) < 4.78 is 7.40. The van der Waals surface area contributed by atoms with Crippen LogP contribution >= 0.6 is 0 Å². The van der Waals surface area contributed by atoms with E-state index in [4.69, 9.17) is 15.5 Å². The highest BCUT2D eigenvalue weighted by atomic mass is 16.5. The van der Waals surface area contributed by atoms with Crippen molar-refractivity contribution in [2.45, 2.75) is 38.1 Å². The van der Waals surface area contributed by atoms with Gasteiger partial charge in [-0.15, -0.1) is 0 Å². The number of imidazole rings is 1. The van der Waals surface area contributed by atoms with Crippen molar-refractivity contribution in [3.05, 3.63) is 24.0 Å². The lowest BCUT2D eigenvalue weighted by atomic mass is 9.84. The SMILES string of the molecule is COc1ccc2c(c1)nc(C(N)C1CCCCC1)n2C. The Morgan fingerprint density at radius 3 is 2.75 bits per heavy atom. The van der Waals surface area contributed by atoms with E-state index in [1.54, 1.807) is 7.11 Å². The van der Waals surface area contributed by atoms with E-state index in [0.29, 0.717) is 5.92 Å². The zero-order valence-electron chi connectivity index (χ0n) is 12.3. The highest BCUT2D eigenvalue weighted by Gasteiger charge is 2.25. The first-order valence-corrected chi connectivity index (χ1v) is 7.46. The molecule has 1 saturated carbocycles. The maximum atomic E-state index is 6.49. The Bertz CT molecular complexity index is 599. The number of nitrogens with two attached hydrogens (primary N) is 1. The molecule has 108 valence electrons. The number of methoxy groups -OCH3 is 1. The fourth-order valence-electron chi connectivity index (χ4n) is 3.33. The monoisotopic (exact) mass is 273 g/mol. The van der Waals surface area contributed by atoms with Gasteiger partial charge in [-0.3, -0.25) is 0 Å². The first kappa shape index (κ1) is 13.4. The van der Waals surface area contributed by atoms with Crippen LogP contribution in [-0.4, -0.2) is 16.7 Å². The Morgan fingerprint density at radius 1 is 1.30 bits per heavy atom. The molecule has 4 heteroatoms. The van der Waals surface area contributed by atoms with Crippen molar-refractivity contribution in [1.29, 1.82) is 0 Å². The van der Waals surface area contributed by atoms with Gasteiger partial charge in [-0.05, 0) is 30.9 Å². The summed E-state index contributed by atoms with van der Waals surface area (Å²) in [5.74, 6) is 2.41. The van der Waals surface area contributed by atoms with Gasteiger partial charge in [0.1, 0.15) is 11.6 Å². The molecule has 1 unspecified atom stereocenters. The molecule has 0 radical (unpaired) electrons. The normalized spacial score (nSPS) is 18.4. The van der Waals surface area contributed by atoms with Crippen molar-refractivity contribution in [3.63, 3.8) is 0 Å². The fourth-order valence-corrected chi connectivity index (χ4v) is 3.33. The molecule has 2 aromatic rings. The van der Waals surface area contributed by atoms with Gasteiger partial charge in [0.15, 0.2) is 0 Å². The highest BCUT2D eigenvalue weighted by Crippen LogP contribution is 2.33. The number of aryl methyl sites for hydroxylation is 1. The van der Waals surface area contributed by atoms with Crippen molar-refractivity contribution in [2.75, 3.05) is 7.11 Å². The lowest BCUT2D eigenvalue weighted by molar-refractivity contribution is 0.298. The quantitative estimate of drug-likeness (QED) is 0.934. The molecule has 1 atom stereocenters. The molecule has 1 aromatic heterocycles. The van der Waals surface area contributed by atoms with Crippen molar-refractivity contribution < 1.29 is 4.74 Å². The molecule has 1 heterocycles. The van der Waals surface area contributed by atoms with Crippen LogP contribution in [0.1, 0.15) is 44.0 Å². The van der Waals surface area contributed by atoms with E-state index in [9.17, 15) is 0 Å². The average Bonchev–Trinajstić information content (AvgIpc) is 2.84. The molecule has 1 aromatic carbocycles. The van der Waals surface area contributed by atoms with Crippen LogP contribution in [0.25, 0.3) is 11.0 Å². The van der Waals surface area contributed by atoms with Crippen molar-refractivity contribution >= 4 is 11.0 Å². The van der Waals surface area contributed by atoms with Gasteiger partial charge in [0.05, 0.1) is 24.2 Å². The van der Waals surface area contributed by atoms with Crippen LogP contribution in [-0.2, 0) is 7.05 Å². The molecule has 0 bridgehead atoms.